The molecule has 2 rings (SSSR count). The van der Waals surface area contributed by atoms with Crippen LogP contribution < -0.4 is 10.1 Å². The van der Waals surface area contributed by atoms with E-state index in [-0.39, 0.29) is 5.75 Å². The van der Waals surface area contributed by atoms with Gasteiger partial charge < -0.3 is 14.6 Å². The molecule has 2 aromatic rings. The molecule has 0 bridgehead atoms. The van der Waals surface area contributed by atoms with Crippen molar-refractivity contribution < 1.29 is 18.0 Å². The fourth-order valence-corrected chi connectivity index (χ4v) is 2.03. The molecule has 1 aromatic heterocycles. The number of halogens is 3. The summed E-state index contributed by atoms with van der Waals surface area (Å²) in [6.45, 7) is -1.85. The molecule has 1 N–H and O–H groups in total. The van der Waals surface area contributed by atoms with Crippen LogP contribution in [-0.4, -0.2) is 23.3 Å². The Labute approximate surface area is 122 Å². The van der Waals surface area contributed by atoms with Crippen LogP contribution in [0, 0.1) is 0 Å². The lowest BCUT2D eigenvalue weighted by atomic mass is 10.2. The van der Waals surface area contributed by atoms with Gasteiger partial charge in [-0.1, -0.05) is 21.1 Å². The van der Waals surface area contributed by atoms with E-state index in [0.717, 1.165) is 4.47 Å². The maximum absolute atomic E-state index is 12.3. The summed E-state index contributed by atoms with van der Waals surface area (Å²) in [5, 5.41) is 6.60. The maximum atomic E-state index is 12.3. The average molecular weight is 348 g/mol. The largest absolute Gasteiger partial charge is 0.434 e. The number of ether oxygens (including phenoxy) is 1. The fourth-order valence-electron chi connectivity index (χ4n) is 1.62. The summed E-state index contributed by atoms with van der Waals surface area (Å²) in [5.41, 5.74) is 0.644. The highest BCUT2D eigenvalue weighted by molar-refractivity contribution is 9.10. The summed E-state index contributed by atoms with van der Waals surface area (Å²) < 4.78 is 34.7. The van der Waals surface area contributed by atoms with Crippen molar-refractivity contribution in [1.29, 1.82) is 0 Å². The number of aromatic nitrogens is 2. The van der Waals surface area contributed by atoms with Gasteiger partial charge in [0, 0.05) is 29.5 Å². The van der Waals surface area contributed by atoms with Crippen LogP contribution in [0.1, 0.15) is 11.5 Å². The van der Waals surface area contributed by atoms with Gasteiger partial charge in [-0.25, -0.2) is 0 Å². The highest BCUT2D eigenvalue weighted by Crippen LogP contribution is 2.24. The average Bonchev–Trinajstić information content (AvgIpc) is 2.90. The molecule has 0 aliphatic carbocycles. The van der Waals surface area contributed by atoms with Gasteiger partial charge in [0.05, 0.1) is 0 Å². The lowest BCUT2D eigenvalue weighted by molar-refractivity contribution is -0.0505. The van der Waals surface area contributed by atoms with Crippen LogP contribution >= 0.6 is 15.9 Å². The second kappa shape index (κ2) is 7.30. The van der Waals surface area contributed by atoms with Gasteiger partial charge in [0.2, 0.25) is 5.89 Å². The van der Waals surface area contributed by atoms with E-state index in [9.17, 15) is 8.78 Å². The monoisotopic (exact) mass is 347 g/mol. The van der Waals surface area contributed by atoms with Crippen molar-refractivity contribution in [2.75, 3.05) is 6.54 Å². The van der Waals surface area contributed by atoms with E-state index in [4.69, 9.17) is 4.52 Å². The number of nitrogens with one attached hydrogen (secondary N) is 1. The Bertz CT molecular complexity index is 538. The van der Waals surface area contributed by atoms with Gasteiger partial charge >= 0.3 is 6.61 Å². The molecule has 0 aliphatic rings. The van der Waals surface area contributed by atoms with Crippen LogP contribution in [0.25, 0.3) is 0 Å². The number of benzene rings is 1. The first-order valence-corrected chi connectivity index (χ1v) is 6.64. The minimum Gasteiger partial charge on any atom is -0.434 e. The first-order chi connectivity index (χ1) is 9.65. The third-order valence-corrected chi connectivity index (χ3v) is 2.97. The van der Waals surface area contributed by atoms with E-state index < -0.39 is 6.61 Å². The van der Waals surface area contributed by atoms with E-state index in [0.29, 0.717) is 31.0 Å². The van der Waals surface area contributed by atoms with Gasteiger partial charge in [-0.05, 0) is 18.2 Å². The van der Waals surface area contributed by atoms with Gasteiger partial charge in [-0.2, -0.15) is 13.8 Å². The van der Waals surface area contributed by atoms with Crippen molar-refractivity contribution in [3.05, 3.63) is 40.5 Å². The number of alkyl halides is 2. The Balaban J connectivity index is 1.88. The fraction of sp³-hybridized carbons (Fsp3) is 0.333. The third-order valence-electron chi connectivity index (χ3n) is 2.48. The molecule has 1 aromatic carbocycles. The maximum Gasteiger partial charge on any atom is 0.387 e. The molecule has 0 unspecified atom stereocenters. The van der Waals surface area contributed by atoms with Gasteiger partial charge in [0.1, 0.15) is 5.75 Å². The standard InChI is InChI=1S/C12H12BrF2N3O2/c13-9-1-2-10(19-12(14)15)8(5-9)6-16-4-3-11-17-7-18-20-11/h1-2,5,7,12,16H,3-4,6H2. The van der Waals surface area contributed by atoms with E-state index >= 15 is 0 Å². The molecule has 0 amide bonds. The number of hydrogen-bond acceptors (Lipinski definition) is 5. The van der Waals surface area contributed by atoms with Crippen LogP contribution in [0.5, 0.6) is 5.75 Å². The van der Waals surface area contributed by atoms with Crippen molar-refractivity contribution in [1.82, 2.24) is 15.5 Å². The normalized spacial score (nSPS) is 11.0. The van der Waals surface area contributed by atoms with Crippen molar-refractivity contribution in [3.8, 4) is 5.75 Å². The van der Waals surface area contributed by atoms with E-state index in [1.165, 1.54) is 12.4 Å². The van der Waals surface area contributed by atoms with Crippen LogP contribution in [-0.2, 0) is 13.0 Å². The van der Waals surface area contributed by atoms with Gasteiger partial charge in [0.25, 0.3) is 0 Å². The summed E-state index contributed by atoms with van der Waals surface area (Å²) in [4.78, 5) is 3.88. The molecule has 20 heavy (non-hydrogen) atoms. The SMILES string of the molecule is FC(F)Oc1ccc(Br)cc1CNCCc1ncno1. The number of rotatable bonds is 7. The Hall–Kier alpha value is -1.54. The van der Waals surface area contributed by atoms with Crippen molar-refractivity contribution in [2.45, 2.75) is 19.6 Å². The Kier molecular flexibility index (Phi) is 5.42. The van der Waals surface area contributed by atoms with Crippen LogP contribution in [0.3, 0.4) is 0 Å². The minimum absolute atomic E-state index is 0.161. The van der Waals surface area contributed by atoms with Crippen molar-refractivity contribution in [2.24, 2.45) is 0 Å². The minimum atomic E-state index is -2.84. The molecule has 8 heteroatoms. The summed E-state index contributed by atoms with van der Waals surface area (Å²) >= 11 is 3.30. The zero-order chi connectivity index (χ0) is 14.4. The summed E-state index contributed by atoms with van der Waals surface area (Å²) in [6, 6.07) is 4.89. The molecular formula is C12H12BrF2N3O2. The van der Waals surface area contributed by atoms with Crippen molar-refractivity contribution >= 4 is 15.9 Å². The van der Waals surface area contributed by atoms with Crippen LogP contribution in [0.2, 0.25) is 0 Å². The van der Waals surface area contributed by atoms with Gasteiger partial charge in [0.15, 0.2) is 6.33 Å². The molecule has 0 saturated carbocycles. The molecule has 0 radical (unpaired) electrons. The van der Waals surface area contributed by atoms with Crippen LogP contribution in [0.15, 0.2) is 33.5 Å². The molecule has 108 valence electrons. The van der Waals surface area contributed by atoms with Crippen molar-refractivity contribution in [3.63, 3.8) is 0 Å². The lowest BCUT2D eigenvalue weighted by Crippen LogP contribution is -2.18. The molecule has 0 fully saturated rings. The number of hydrogen-bond donors (Lipinski definition) is 1. The topological polar surface area (TPSA) is 60.2 Å². The second-order valence-corrected chi connectivity index (χ2v) is 4.81. The van der Waals surface area contributed by atoms with E-state index in [1.54, 1.807) is 12.1 Å². The predicted octanol–water partition coefficient (Wildman–Crippen LogP) is 2.77. The predicted molar refractivity (Wildman–Crippen MR) is 70.5 cm³/mol. The molecule has 1 heterocycles. The zero-order valence-electron chi connectivity index (χ0n) is 10.4. The van der Waals surface area contributed by atoms with Crippen LogP contribution in [0.4, 0.5) is 8.78 Å². The quantitative estimate of drug-likeness (QED) is 0.780. The smallest absolute Gasteiger partial charge is 0.387 e. The first kappa shape index (κ1) is 14.9. The van der Waals surface area contributed by atoms with Gasteiger partial charge in [-0.15, -0.1) is 0 Å². The highest BCUT2D eigenvalue weighted by atomic mass is 79.9. The lowest BCUT2D eigenvalue weighted by Gasteiger charge is -2.11. The van der Waals surface area contributed by atoms with E-state index in [1.807, 2.05) is 0 Å². The second-order valence-electron chi connectivity index (χ2n) is 3.89. The molecular weight excluding hydrogens is 336 g/mol. The molecule has 0 aliphatic heterocycles. The molecule has 0 spiro atoms. The summed E-state index contributed by atoms with van der Waals surface area (Å²) in [6.07, 6.45) is 1.90. The number of nitrogens with zero attached hydrogens (tertiary/aromatic N) is 2. The van der Waals surface area contributed by atoms with E-state index in [2.05, 4.69) is 36.1 Å². The summed E-state index contributed by atoms with van der Waals surface area (Å²) in [5.74, 6) is 0.685. The highest BCUT2D eigenvalue weighted by Gasteiger charge is 2.10. The first-order valence-electron chi connectivity index (χ1n) is 5.84. The third kappa shape index (κ3) is 4.53. The Morgan fingerprint density at radius 2 is 2.25 bits per heavy atom. The Morgan fingerprint density at radius 3 is 2.95 bits per heavy atom. The zero-order valence-corrected chi connectivity index (χ0v) is 11.9. The molecule has 0 atom stereocenters. The molecule has 0 saturated heterocycles. The summed E-state index contributed by atoms with van der Waals surface area (Å²) in [7, 11) is 0. The Morgan fingerprint density at radius 1 is 1.40 bits per heavy atom. The van der Waals surface area contributed by atoms with Gasteiger partial charge in [-0.3, -0.25) is 0 Å². The molecule has 5 nitrogen and oxygen atoms in total.